The zero-order valence-corrected chi connectivity index (χ0v) is 7.44. The molecule has 0 amide bonds. The van der Waals surface area contributed by atoms with Gasteiger partial charge in [0, 0.05) is 5.56 Å². The number of benzene rings is 1. The fourth-order valence-electron chi connectivity index (χ4n) is 1.09. The Kier molecular flexibility index (Phi) is 2.17. The number of aromatic amines is 1. The van der Waals surface area contributed by atoms with Gasteiger partial charge in [-0.25, -0.2) is 14.2 Å². The number of hydrogen-bond donors (Lipinski definition) is 2. The topological polar surface area (TPSA) is 78.9 Å². The second kappa shape index (κ2) is 3.49. The van der Waals surface area contributed by atoms with Crippen molar-refractivity contribution in [2.24, 2.45) is 0 Å². The Bertz CT molecular complexity index is 492. The Morgan fingerprint density at radius 1 is 1.33 bits per heavy atom. The van der Waals surface area contributed by atoms with Gasteiger partial charge in [0.2, 0.25) is 5.82 Å². The molecule has 0 bridgehead atoms. The maximum Gasteiger partial charge on any atom is 0.373 e. The van der Waals surface area contributed by atoms with Gasteiger partial charge in [-0.1, -0.05) is 0 Å². The van der Waals surface area contributed by atoms with Crippen molar-refractivity contribution in [1.29, 1.82) is 0 Å². The highest BCUT2D eigenvalue weighted by atomic mass is 19.1. The molecule has 1 aromatic carbocycles. The van der Waals surface area contributed by atoms with Crippen molar-refractivity contribution in [3.63, 3.8) is 0 Å². The number of rotatable bonds is 2. The van der Waals surface area contributed by atoms with E-state index in [2.05, 4.69) is 15.2 Å². The van der Waals surface area contributed by atoms with Gasteiger partial charge in [-0.2, -0.15) is 5.10 Å². The van der Waals surface area contributed by atoms with E-state index in [9.17, 15) is 9.18 Å². The van der Waals surface area contributed by atoms with E-state index >= 15 is 0 Å². The molecule has 0 fully saturated rings. The molecule has 1 aromatic heterocycles. The van der Waals surface area contributed by atoms with Crippen molar-refractivity contribution in [3.8, 4) is 11.4 Å². The van der Waals surface area contributed by atoms with Gasteiger partial charge in [0.15, 0.2) is 5.82 Å². The molecule has 6 heteroatoms. The van der Waals surface area contributed by atoms with Crippen LogP contribution in [0.4, 0.5) is 4.39 Å². The van der Waals surface area contributed by atoms with Crippen LogP contribution in [-0.2, 0) is 0 Å². The summed E-state index contributed by atoms with van der Waals surface area (Å²) in [7, 11) is 0. The Balaban J connectivity index is 2.37. The fourth-order valence-corrected chi connectivity index (χ4v) is 1.09. The predicted octanol–water partition coefficient (Wildman–Crippen LogP) is 1.31. The minimum absolute atomic E-state index is 0.229. The van der Waals surface area contributed by atoms with Crippen molar-refractivity contribution < 1.29 is 14.3 Å². The Morgan fingerprint density at radius 3 is 2.53 bits per heavy atom. The third-order valence-electron chi connectivity index (χ3n) is 1.79. The number of carboxylic acids is 1. The first-order chi connectivity index (χ1) is 7.16. The van der Waals surface area contributed by atoms with E-state index in [-0.39, 0.29) is 17.5 Å². The van der Waals surface area contributed by atoms with Crippen molar-refractivity contribution in [1.82, 2.24) is 15.2 Å². The van der Waals surface area contributed by atoms with Crippen molar-refractivity contribution in [2.75, 3.05) is 0 Å². The molecular formula is C9H6FN3O2. The number of H-pyrrole nitrogens is 1. The normalized spacial score (nSPS) is 10.2. The van der Waals surface area contributed by atoms with Crippen LogP contribution in [0.15, 0.2) is 24.3 Å². The summed E-state index contributed by atoms with van der Waals surface area (Å²) in [6.07, 6.45) is 0. The van der Waals surface area contributed by atoms with E-state index in [4.69, 9.17) is 5.11 Å². The van der Waals surface area contributed by atoms with E-state index in [1.807, 2.05) is 0 Å². The number of carboxylic acid groups (broad SMARTS) is 1. The first-order valence-corrected chi connectivity index (χ1v) is 4.08. The number of aromatic carboxylic acids is 1. The lowest BCUT2D eigenvalue weighted by molar-refractivity contribution is 0.0684. The van der Waals surface area contributed by atoms with Crippen LogP contribution in [0.3, 0.4) is 0 Å². The average molecular weight is 207 g/mol. The van der Waals surface area contributed by atoms with E-state index in [1.54, 1.807) is 0 Å². The highest BCUT2D eigenvalue weighted by Gasteiger charge is 2.10. The minimum atomic E-state index is -1.18. The summed E-state index contributed by atoms with van der Waals surface area (Å²) in [5, 5.41) is 14.6. The van der Waals surface area contributed by atoms with E-state index in [0.29, 0.717) is 5.56 Å². The number of nitrogens with zero attached hydrogens (tertiary/aromatic N) is 2. The van der Waals surface area contributed by atoms with E-state index in [1.165, 1.54) is 24.3 Å². The number of halogens is 1. The molecule has 1 heterocycles. The van der Waals surface area contributed by atoms with Gasteiger partial charge in [-0.3, -0.25) is 5.10 Å². The third-order valence-corrected chi connectivity index (χ3v) is 1.79. The lowest BCUT2D eigenvalue weighted by Crippen LogP contribution is -1.98. The molecule has 2 N–H and O–H groups in total. The summed E-state index contributed by atoms with van der Waals surface area (Å²) >= 11 is 0. The van der Waals surface area contributed by atoms with Gasteiger partial charge in [0.05, 0.1) is 0 Å². The van der Waals surface area contributed by atoms with Gasteiger partial charge in [-0.15, -0.1) is 0 Å². The highest BCUT2D eigenvalue weighted by molar-refractivity contribution is 5.83. The summed E-state index contributed by atoms with van der Waals surface area (Å²) in [6, 6.07) is 5.46. The number of aromatic nitrogens is 3. The van der Waals surface area contributed by atoms with Crippen LogP contribution in [0, 0.1) is 5.82 Å². The zero-order valence-electron chi connectivity index (χ0n) is 7.44. The molecule has 0 unspecified atom stereocenters. The number of nitrogens with one attached hydrogen (secondary N) is 1. The molecule has 2 aromatic rings. The van der Waals surface area contributed by atoms with Crippen LogP contribution < -0.4 is 0 Å². The first-order valence-electron chi connectivity index (χ1n) is 4.08. The summed E-state index contributed by atoms with van der Waals surface area (Å²) in [6.45, 7) is 0. The zero-order chi connectivity index (χ0) is 10.8. The van der Waals surface area contributed by atoms with Gasteiger partial charge in [-0.05, 0) is 24.3 Å². The molecule has 0 aliphatic heterocycles. The second-order valence-electron chi connectivity index (χ2n) is 2.82. The molecule has 2 rings (SSSR count). The van der Waals surface area contributed by atoms with Crippen LogP contribution in [0.2, 0.25) is 0 Å². The van der Waals surface area contributed by atoms with Crippen molar-refractivity contribution in [2.45, 2.75) is 0 Å². The molecular weight excluding hydrogens is 201 g/mol. The molecule has 0 aliphatic rings. The van der Waals surface area contributed by atoms with Gasteiger partial charge < -0.3 is 5.11 Å². The van der Waals surface area contributed by atoms with Crippen LogP contribution in [-0.4, -0.2) is 26.3 Å². The molecule has 0 atom stereocenters. The fraction of sp³-hybridized carbons (Fsp3) is 0. The Labute approximate surface area is 83.6 Å². The highest BCUT2D eigenvalue weighted by Crippen LogP contribution is 2.14. The van der Waals surface area contributed by atoms with Crippen LogP contribution in [0.1, 0.15) is 10.6 Å². The quantitative estimate of drug-likeness (QED) is 0.778. The molecule has 76 valence electrons. The first kappa shape index (κ1) is 9.32. The smallest absolute Gasteiger partial charge is 0.373 e. The molecule has 0 saturated heterocycles. The van der Waals surface area contributed by atoms with Crippen LogP contribution in [0.25, 0.3) is 11.4 Å². The standard InChI is InChI=1S/C9H6FN3O2/c10-6-3-1-5(2-4-6)7-11-8(9(14)15)13-12-7/h1-4H,(H,14,15)(H,11,12,13). The van der Waals surface area contributed by atoms with Gasteiger partial charge in [0.25, 0.3) is 0 Å². The Hall–Kier alpha value is -2.24. The maximum absolute atomic E-state index is 12.6. The summed E-state index contributed by atoms with van der Waals surface area (Å²) in [5.74, 6) is -1.56. The second-order valence-corrected chi connectivity index (χ2v) is 2.82. The maximum atomic E-state index is 12.6. The van der Waals surface area contributed by atoms with Gasteiger partial charge >= 0.3 is 5.97 Å². The Morgan fingerprint density at radius 2 is 2.00 bits per heavy atom. The summed E-state index contributed by atoms with van der Waals surface area (Å²) in [5.41, 5.74) is 0.556. The number of hydrogen-bond acceptors (Lipinski definition) is 3. The van der Waals surface area contributed by atoms with Crippen LogP contribution >= 0.6 is 0 Å². The molecule has 5 nitrogen and oxygen atoms in total. The van der Waals surface area contributed by atoms with Crippen molar-refractivity contribution >= 4 is 5.97 Å². The minimum Gasteiger partial charge on any atom is -0.475 e. The lowest BCUT2D eigenvalue weighted by Gasteiger charge is -1.92. The summed E-state index contributed by atoms with van der Waals surface area (Å²) in [4.78, 5) is 14.2. The average Bonchev–Trinajstić information content (AvgIpc) is 2.68. The molecule has 0 spiro atoms. The monoisotopic (exact) mass is 207 g/mol. The van der Waals surface area contributed by atoms with Crippen molar-refractivity contribution in [3.05, 3.63) is 35.9 Å². The molecule has 15 heavy (non-hydrogen) atoms. The summed E-state index contributed by atoms with van der Waals surface area (Å²) < 4.78 is 12.6. The van der Waals surface area contributed by atoms with E-state index in [0.717, 1.165) is 0 Å². The largest absolute Gasteiger partial charge is 0.475 e. The van der Waals surface area contributed by atoms with Gasteiger partial charge in [0.1, 0.15) is 5.82 Å². The predicted molar refractivity (Wildman–Crippen MR) is 48.7 cm³/mol. The molecule has 0 radical (unpaired) electrons. The van der Waals surface area contributed by atoms with Crippen LogP contribution in [0.5, 0.6) is 0 Å². The number of carbonyl (C=O) groups is 1. The molecule has 0 saturated carbocycles. The van der Waals surface area contributed by atoms with E-state index < -0.39 is 5.97 Å². The third kappa shape index (κ3) is 1.83. The molecule has 0 aliphatic carbocycles. The SMILES string of the molecule is O=C(O)c1nc(-c2ccc(F)cc2)n[nH]1. The lowest BCUT2D eigenvalue weighted by atomic mass is 10.2.